The zero-order valence-electron chi connectivity index (χ0n) is 8.38. The Morgan fingerprint density at radius 2 is 1.88 bits per heavy atom. The van der Waals surface area contributed by atoms with E-state index in [2.05, 4.69) is 0 Å². The molecule has 0 unspecified atom stereocenters. The summed E-state index contributed by atoms with van der Waals surface area (Å²) in [6, 6.07) is 7.72. The summed E-state index contributed by atoms with van der Waals surface area (Å²) in [6.07, 6.45) is 0. The fourth-order valence-electron chi connectivity index (χ4n) is 1.98. The van der Waals surface area contributed by atoms with Crippen LogP contribution in [-0.2, 0) is 10.1 Å². The van der Waals surface area contributed by atoms with Crippen molar-refractivity contribution in [3.8, 4) is 0 Å². The van der Waals surface area contributed by atoms with Gasteiger partial charge < -0.3 is 0 Å². The van der Waals surface area contributed by atoms with Crippen LogP contribution in [0.4, 0.5) is 0 Å². The average molecular weight is 266 g/mol. The van der Waals surface area contributed by atoms with Gasteiger partial charge in [-0.1, -0.05) is 12.1 Å². The van der Waals surface area contributed by atoms with Gasteiger partial charge in [0.25, 0.3) is 10.1 Å². The highest BCUT2D eigenvalue weighted by Crippen LogP contribution is 2.42. The Hall–Kier alpha value is -1.37. The second-order valence-corrected chi connectivity index (χ2v) is 6.06. The summed E-state index contributed by atoms with van der Waals surface area (Å²) in [5, 5.41) is 0.900. The largest absolute Gasteiger partial charge is 0.295 e. The quantitative estimate of drug-likeness (QED) is 0.802. The SMILES string of the molecule is O=C1Sc2ccc(S(=O)(=O)O)c3cccc1c23. The molecule has 0 spiro atoms. The number of rotatable bonds is 1. The highest BCUT2D eigenvalue weighted by Gasteiger charge is 2.26. The predicted molar refractivity (Wildman–Crippen MR) is 64.0 cm³/mol. The third-order valence-electron chi connectivity index (χ3n) is 2.66. The molecule has 1 aliphatic heterocycles. The lowest BCUT2D eigenvalue weighted by Crippen LogP contribution is -1.99. The summed E-state index contributed by atoms with van der Waals surface area (Å²) in [5.74, 6) is 0. The second kappa shape index (κ2) is 3.32. The van der Waals surface area contributed by atoms with Gasteiger partial charge in [-0.3, -0.25) is 9.35 Å². The summed E-state index contributed by atoms with van der Waals surface area (Å²) in [7, 11) is -4.27. The minimum absolute atomic E-state index is 0.0990. The van der Waals surface area contributed by atoms with Gasteiger partial charge in [0.05, 0.1) is 0 Å². The molecule has 4 nitrogen and oxygen atoms in total. The molecule has 1 heterocycles. The third-order valence-corrected chi connectivity index (χ3v) is 4.54. The van der Waals surface area contributed by atoms with E-state index in [1.165, 1.54) is 6.07 Å². The van der Waals surface area contributed by atoms with Gasteiger partial charge in [-0.2, -0.15) is 8.42 Å². The van der Waals surface area contributed by atoms with Crippen molar-refractivity contribution in [2.75, 3.05) is 0 Å². The van der Waals surface area contributed by atoms with E-state index in [-0.39, 0.29) is 10.0 Å². The maximum absolute atomic E-state index is 11.7. The van der Waals surface area contributed by atoms with E-state index in [0.717, 1.165) is 16.7 Å². The van der Waals surface area contributed by atoms with Crippen molar-refractivity contribution >= 4 is 37.8 Å². The molecule has 0 radical (unpaired) electrons. The standard InChI is InChI=1S/C11H6O4S2/c12-11-7-3-1-2-6-9(17(13,14)15)5-4-8(16-11)10(6)7/h1-5H,(H,13,14,15). The summed E-state index contributed by atoms with van der Waals surface area (Å²) in [4.78, 5) is 12.2. The molecule has 0 fully saturated rings. The van der Waals surface area contributed by atoms with Crippen molar-refractivity contribution in [1.29, 1.82) is 0 Å². The Labute approximate surface area is 101 Å². The van der Waals surface area contributed by atoms with Crippen molar-refractivity contribution in [1.82, 2.24) is 0 Å². The van der Waals surface area contributed by atoms with E-state index >= 15 is 0 Å². The Morgan fingerprint density at radius 3 is 2.59 bits per heavy atom. The molecule has 6 heteroatoms. The lowest BCUT2D eigenvalue weighted by atomic mass is 10.1. The number of carbonyl (C=O) groups is 1. The molecule has 2 aromatic rings. The molecular formula is C11H6O4S2. The van der Waals surface area contributed by atoms with E-state index in [1.54, 1.807) is 24.3 Å². The fraction of sp³-hybridized carbons (Fsp3) is 0. The van der Waals surface area contributed by atoms with Gasteiger partial charge in [-0.05, 0) is 30.0 Å². The van der Waals surface area contributed by atoms with E-state index < -0.39 is 10.1 Å². The zero-order valence-corrected chi connectivity index (χ0v) is 10.0. The van der Waals surface area contributed by atoms with E-state index in [0.29, 0.717) is 16.3 Å². The first-order valence-corrected chi connectivity index (χ1v) is 6.99. The smallest absolute Gasteiger partial charge is 0.282 e. The molecule has 1 aliphatic rings. The summed E-state index contributed by atoms with van der Waals surface area (Å²) < 4.78 is 31.6. The molecule has 2 aromatic carbocycles. The lowest BCUT2D eigenvalue weighted by molar-refractivity contribution is 0.109. The first-order chi connectivity index (χ1) is 7.98. The molecule has 1 N–H and O–H groups in total. The van der Waals surface area contributed by atoms with E-state index in [4.69, 9.17) is 4.55 Å². The topological polar surface area (TPSA) is 71.4 Å². The summed E-state index contributed by atoms with van der Waals surface area (Å²) >= 11 is 1.07. The number of benzene rings is 2. The van der Waals surface area contributed by atoms with Crippen LogP contribution in [-0.4, -0.2) is 18.1 Å². The van der Waals surface area contributed by atoms with Crippen molar-refractivity contribution < 1.29 is 17.8 Å². The lowest BCUT2D eigenvalue weighted by Gasteiger charge is -2.04. The Bertz CT molecular complexity index is 762. The van der Waals surface area contributed by atoms with Crippen LogP contribution in [0.25, 0.3) is 10.8 Å². The zero-order chi connectivity index (χ0) is 12.2. The van der Waals surface area contributed by atoms with Crippen LogP contribution in [0.5, 0.6) is 0 Å². The van der Waals surface area contributed by atoms with E-state index in [1.807, 2.05) is 0 Å². The van der Waals surface area contributed by atoms with Crippen molar-refractivity contribution in [2.45, 2.75) is 9.79 Å². The molecule has 0 amide bonds. The Kier molecular flexibility index (Phi) is 2.10. The van der Waals surface area contributed by atoms with Crippen LogP contribution in [0.2, 0.25) is 0 Å². The first-order valence-electron chi connectivity index (χ1n) is 4.74. The van der Waals surface area contributed by atoms with Gasteiger partial charge in [-0.15, -0.1) is 0 Å². The van der Waals surface area contributed by atoms with Crippen molar-refractivity contribution in [3.63, 3.8) is 0 Å². The van der Waals surface area contributed by atoms with Gasteiger partial charge in [-0.25, -0.2) is 0 Å². The minimum atomic E-state index is -4.27. The maximum Gasteiger partial charge on any atom is 0.295 e. The van der Waals surface area contributed by atoms with Crippen molar-refractivity contribution in [3.05, 3.63) is 35.9 Å². The molecule has 0 saturated carbocycles. The molecule has 86 valence electrons. The maximum atomic E-state index is 11.7. The molecule has 0 saturated heterocycles. The molecule has 0 bridgehead atoms. The molecule has 0 aliphatic carbocycles. The monoisotopic (exact) mass is 266 g/mol. The second-order valence-electron chi connectivity index (χ2n) is 3.65. The normalized spacial score (nSPS) is 14.5. The van der Waals surface area contributed by atoms with Crippen LogP contribution in [0, 0.1) is 0 Å². The Balaban J connectivity index is 2.54. The first kappa shape index (κ1) is 10.8. The van der Waals surface area contributed by atoms with Gasteiger partial charge >= 0.3 is 0 Å². The molecule has 17 heavy (non-hydrogen) atoms. The number of carbonyl (C=O) groups excluding carboxylic acids is 1. The van der Waals surface area contributed by atoms with Gasteiger partial charge in [0.15, 0.2) is 0 Å². The van der Waals surface area contributed by atoms with Crippen LogP contribution in [0.3, 0.4) is 0 Å². The third kappa shape index (κ3) is 1.49. The van der Waals surface area contributed by atoms with Crippen LogP contribution < -0.4 is 0 Å². The number of thioether (sulfide) groups is 1. The number of hydrogen-bond acceptors (Lipinski definition) is 4. The molecule has 3 rings (SSSR count). The predicted octanol–water partition coefficient (Wildman–Crippen LogP) is 2.33. The Morgan fingerprint density at radius 1 is 1.12 bits per heavy atom. The minimum Gasteiger partial charge on any atom is -0.282 e. The van der Waals surface area contributed by atoms with E-state index in [9.17, 15) is 13.2 Å². The molecule has 0 atom stereocenters. The van der Waals surface area contributed by atoms with Crippen LogP contribution in [0.15, 0.2) is 40.1 Å². The van der Waals surface area contributed by atoms with Crippen LogP contribution in [0.1, 0.15) is 10.4 Å². The molecule has 0 aromatic heterocycles. The number of hydrogen-bond donors (Lipinski definition) is 1. The highest BCUT2D eigenvalue weighted by molar-refractivity contribution is 8.14. The van der Waals surface area contributed by atoms with Gasteiger partial charge in [0, 0.05) is 21.2 Å². The van der Waals surface area contributed by atoms with Crippen molar-refractivity contribution in [2.24, 2.45) is 0 Å². The fourth-order valence-corrected chi connectivity index (χ4v) is 3.61. The highest BCUT2D eigenvalue weighted by atomic mass is 32.2. The average Bonchev–Trinajstić information content (AvgIpc) is 2.57. The summed E-state index contributed by atoms with van der Waals surface area (Å²) in [6.45, 7) is 0. The van der Waals surface area contributed by atoms with Crippen LogP contribution >= 0.6 is 11.8 Å². The van der Waals surface area contributed by atoms with Gasteiger partial charge in [0.1, 0.15) is 4.90 Å². The molecular weight excluding hydrogens is 260 g/mol. The van der Waals surface area contributed by atoms with Gasteiger partial charge in [0.2, 0.25) is 5.12 Å². The summed E-state index contributed by atoms with van der Waals surface area (Å²) in [5.41, 5.74) is 0.494.